The number of nitrogens with zero attached hydrogens (tertiary/aromatic N) is 1. The van der Waals surface area contributed by atoms with Gasteiger partial charge < -0.3 is 10.3 Å². The zero-order chi connectivity index (χ0) is 19.1. The lowest BCUT2D eigenvalue weighted by Gasteiger charge is -2.11. The number of thioether (sulfide) groups is 1. The number of carbonyl (C=O) groups excluding carboxylic acids is 1. The third-order valence-corrected chi connectivity index (χ3v) is 5.77. The minimum Gasteiger partial charge on any atom is -0.361 e. The molecule has 0 aliphatic heterocycles. The number of nitriles is 1. The first-order valence-electron chi connectivity index (χ1n) is 9.06. The Morgan fingerprint density at radius 2 is 2.07 bits per heavy atom. The SMILES string of the molecule is CC(SCCC(=O)NCc1ccc2[nH]cc(CC#N)c2c1)c1ccccc1. The maximum atomic E-state index is 12.1. The van der Waals surface area contributed by atoms with E-state index in [0.717, 1.165) is 27.8 Å². The molecule has 5 heteroatoms. The second-order valence-electron chi connectivity index (χ2n) is 6.48. The smallest absolute Gasteiger partial charge is 0.221 e. The van der Waals surface area contributed by atoms with Gasteiger partial charge in [0, 0.05) is 41.1 Å². The molecule has 1 unspecified atom stereocenters. The fourth-order valence-corrected chi connectivity index (χ4v) is 4.01. The molecule has 1 aromatic heterocycles. The molecule has 138 valence electrons. The van der Waals surface area contributed by atoms with Crippen LogP contribution in [0.1, 0.15) is 35.3 Å². The zero-order valence-corrected chi connectivity index (χ0v) is 16.2. The first-order chi connectivity index (χ1) is 13.2. The maximum Gasteiger partial charge on any atom is 0.221 e. The minimum absolute atomic E-state index is 0.0641. The highest BCUT2D eigenvalue weighted by atomic mass is 32.2. The standard InChI is InChI=1S/C22H23N3OS/c1-16(18-5-3-2-4-6-18)27-12-10-22(26)25-14-17-7-8-21-20(13-17)19(9-11-23)15-24-21/h2-8,13,15-16,24H,9-10,12,14H2,1H3,(H,25,26). The molecule has 2 N–H and O–H groups in total. The second kappa shape index (κ2) is 9.29. The van der Waals surface area contributed by atoms with Gasteiger partial charge in [-0.25, -0.2) is 0 Å². The normalized spacial score (nSPS) is 11.9. The van der Waals surface area contributed by atoms with Gasteiger partial charge in [0.2, 0.25) is 5.91 Å². The maximum absolute atomic E-state index is 12.1. The lowest BCUT2D eigenvalue weighted by atomic mass is 10.1. The van der Waals surface area contributed by atoms with Crippen LogP contribution in [-0.4, -0.2) is 16.6 Å². The molecule has 3 aromatic rings. The van der Waals surface area contributed by atoms with Gasteiger partial charge >= 0.3 is 0 Å². The van der Waals surface area contributed by atoms with Gasteiger partial charge in [-0.15, -0.1) is 0 Å². The molecule has 27 heavy (non-hydrogen) atoms. The van der Waals surface area contributed by atoms with Crippen LogP contribution in [0, 0.1) is 11.3 Å². The summed E-state index contributed by atoms with van der Waals surface area (Å²) < 4.78 is 0. The predicted octanol–water partition coefficient (Wildman–Crippen LogP) is 4.73. The average molecular weight is 378 g/mol. The van der Waals surface area contributed by atoms with E-state index in [2.05, 4.69) is 35.4 Å². The number of amides is 1. The lowest BCUT2D eigenvalue weighted by Crippen LogP contribution is -2.23. The van der Waals surface area contributed by atoms with Crippen molar-refractivity contribution in [3.05, 3.63) is 71.4 Å². The number of rotatable bonds is 8. The van der Waals surface area contributed by atoms with Gasteiger partial charge in [0.05, 0.1) is 12.5 Å². The number of fused-ring (bicyclic) bond motifs is 1. The van der Waals surface area contributed by atoms with Crippen LogP contribution in [-0.2, 0) is 17.8 Å². The largest absolute Gasteiger partial charge is 0.361 e. The third-order valence-electron chi connectivity index (χ3n) is 4.56. The van der Waals surface area contributed by atoms with Crippen molar-refractivity contribution < 1.29 is 4.79 Å². The second-order valence-corrected chi connectivity index (χ2v) is 7.93. The molecule has 0 spiro atoms. The van der Waals surface area contributed by atoms with Crippen LogP contribution < -0.4 is 5.32 Å². The van der Waals surface area contributed by atoms with Crippen LogP contribution in [0.3, 0.4) is 0 Å². The quantitative estimate of drug-likeness (QED) is 0.596. The van der Waals surface area contributed by atoms with Crippen LogP contribution in [0.25, 0.3) is 10.9 Å². The van der Waals surface area contributed by atoms with E-state index in [1.807, 2.05) is 42.6 Å². The molecule has 0 aliphatic rings. The lowest BCUT2D eigenvalue weighted by molar-refractivity contribution is -0.120. The van der Waals surface area contributed by atoms with E-state index < -0.39 is 0 Å². The molecule has 0 fully saturated rings. The van der Waals surface area contributed by atoms with Crippen LogP contribution in [0.5, 0.6) is 0 Å². The van der Waals surface area contributed by atoms with Crippen LogP contribution in [0.4, 0.5) is 0 Å². The van der Waals surface area contributed by atoms with Crippen LogP contribution >= 0.6 is 11.8 Å². The van der Waals surface area contributed by atoms with Crippen molar-refractivity contribution >= 4 is 28.6 Å². The zero-order valence-electron chi connectivity index (χ0n) is 15.4. The summed E-state index contributed by atoms with van der Waals surface area (Å²) in [5.74, 6) is 0.861. The van der Waals surface area contributed by atoms with Crippen molar-refractivity contribution in [2.75, 3.05) is 5.75 Å². The van der Waals surface area contributed by atoms with Gasteiger partial charge in [-0.2, -0.15) is 17.0 Å². The van der Waals surface area contributed by atoms with E-state index in [4.69, 9.17) is 5.26 Å². The molecule has 0 saturated carbocycles. The Morgan fingerprint density at radius 1 is 1.26 bits per heavy atom. The number of benzene rings is 2. The monoisotopic (exact) mass is 377 g/mol. The summed E-state index contributed by atoms with van der Waals surface area (Å²) in [7, 11) is 0. The van der Waals surface area contributed by atoms with E-state index in [9.17, 15) is 4.79 Å². The first kappa shape index (κ1) is 19.1. The Hall–Kier alpha value is -2.71. The van der Waals surface area contributed by atoms with Crippen molar-refractivity contribution in [2.24, 2.45) is 0 Å². The molecule has 1 heterocycles. The van der Waals surface area contributed by atoms with E-state index in [0.29, 0.717) is 24.6 Å². The topological polar surface area (TPSA) is 68.7 Å². The molecule has 0 bridgehead atoms. The summed E-state index contributed by atoms with van der Waals surface area (Å²) in [5.41, 5.74) is 4.34. The van der Waals surface area contributed by atoms with E-state index in [1.165, 1.54) is 5.56 Å². The Labute approximate surface area is 164 Å². The molecule has 1 amide bonds. The van der Waals surface area contributed by atoms with Crippen LogP contribution in [0.15, 0.2) is 54.7 Å². The van der Waals surface area contributed by atoms with Crippen LogP contribution in [0.2, 0.25) is 0 Å². The van der Waals surface area contributed by atoms with Gasteiger partial charge in [0.15, 0.2) is 0 Å². The summed E-state index contributed by atoms with van der Waals surface area (Å²) in [6, 6.07) is 18.6. The number of hydrogen-bond acceptors (Lipinski definition) is 3. The van der Waals surface area contributed by atoms with Crippen molar-refractivity contribution in [2.45, 2.75) is 31.6 Å². The Bertz CT molecular complexity index is 943. The number of H-pyrrole nitrogens is 1. The Kier molecular flexibility index (Phi) is 6.56. The molecule has 1 atom stereocenters. The van der Waals surface area contributed by atoms with Crippen molar-refractivity contribution in [3.8, 4) is 6.07 Å². The first-order valence-corrected chi connectivity index (χ1v) is 10.1. The summed E-state index contributed by atoms with van der Waals surface area (Å²) in [4.78, 5) is 15.3. The Balaban J connectivity index is 1.47. The average Bonchev–Trinajstić information content (AvgIpc) is 3.09. The molecule has 3 rings (SSSR count). The summed E-state index contributed by atoms with van der Waals surface area (Å²) in [6.07, 6.45) is 2.77. The number of carbonyl (C=O) groups is 1. The third kappa shape index (κ3) is 5.15. The van der Waals surface area contributed by atoms with Gasteiger partial charge in [-0.3, -0.25) is 4.79 Å². The molecule has 0 radical (unpaired) electrons. The highest BCUT2D eigenvalue weighted by Crippen LogP contribution is 2.28. The molecular formula is C22H23N3OS. The number of nitrogens with one attached hydrogen (secondary N) is 2. The van der Waals surface area contributed by atoms with E-state index in [-0.39, 0.29) is 5.91 Å². The molecule has 0 aliphatic carbocycles. The van der Waals surface area contributed by atoms with Crippen molar-refractivity contribution in [3.63, 3.8) is 0 Å². The molecular weight excluding hydrogens is 354 g/mol. The highest BCUT2D eigenvalue weighted by Gasteiger charge is 2.08. The predicted molar refractivity (Wildman–Crippen MR) is 111 cm³/mol. The Morgan fingerprint density at radius 3 is 2.85 bits per heavy atom. The van der Waals surface area contributed by atoms with Gasteiger partial charge in [0.1, 0.15) is 0 Å². The number of aromatic nitrogens is 1. The van der Waals surface area contributed by atoms with Gasteiger partial charge in [-0.05, 0) is 35.7 Å². The molecule has 0 saturated heterocycles. The van der Waals surface area contributed by atoms with Crippen molar-refractivity contribution in [1.82, 2.24) is 10.3 Å². The number of hydrogen-bond donors (Lipinski definition) is 2. The van der Waals surface area contributed by atoms with Gasteiger partial charge in [-0.1, -0.05) is 36.4 Å². The minimum atomic E-state index is 0.0641. The summed E-state index contributed by atoms with van der Waals surface area (Å²) in [5, 5.41) is 13.3. The van der Waals surface area contributed by atoms with E-state index in [1.54, 1.807) is 11.8 Å². The fourth-order valence-electron chi connectivity index (χ4n) is 3.00. The summed E-state index contributed by atoms with van der Waals surface area (Å²) >= 11 is 1.79. The van der Waals surface area contributed by atoms with Crippen molar-refractivity contribution in [1.29, 1.82) is 5.26 Å². The van der Waals surface area contributed by atoms with Gasteiger partial charge in [0.25, 0.3) is 0 Å². The molecule has 4 nitrogen and oxygen atoms in total. The summed E-state index contributed by atoms with van der Waals surface area (Å²) in [6.45, 7) is 2.67. The highest BCUT2D eigenvalue weighted by molar-refractivity contribution is 7.99. The van der Waals surface area contributed by atoms with E-state index >= 15 is 0 Å². The molecule has 2 aromatic carbocycles. The fraction of sp³-hybridized carbons (Fsp3) is 0.273. The number of aromatic amines is 1.